The van der Waals surface area contributed by atoms with E-state index in [4.69, 9.17) is 4.74 Å². The maximum atomic E-state index is 10.8. The van der Waals surface area contributed by atoms with Gasteiger partial charge in [0.25, 0.3) is 0 Å². The molecule has 0 saturated carbocycles. The van der Waals surface area contributed by atoms with Crippen LogP contribution in [0, 0.1) is 6.92 Å². The number of likely N-dealkylation sites (tertiary alicyclic amines) is 1. The number of hydrogen-bond donors (Lipinski definition) is 3. The number of benzene rings is 2. The summed E-state index contributed by atoms with van der Waals surface area (Å²) in [4.78, 5) is 7.07. The summed E-state index contributed by atoms with van der Waals surface area (Å²) in [6.07, 6.45) is 1.51. The predicted octanol–water partition coefficient (Wildman–Crippen LogP) is 5.79. The minimum Gasteiger partial charge on any atom is -0.507 e. The van der Waals surface area contributed by atoms with Gasteiger partial charge in [0.1, 0.15) is 24.2 Å². The second-order valence-corrected chi connectivity index (χ2v) is 11.0. The van der Waals surface area contributed by atoms with Crippen LogP contribution in [0.1, 0.15) is 43.2 Å². The molecule has 1 fully saturated rings. The van der Waals surface area contributed by atoms with Gasteiger partial charge in [-0.3, -0.25) is 4.90 Å². The minimum atomic E-state index is -0.558. The van der Waals surface area contributed by atoms with Crippen LogP contribution < -0.4 is 4.74 Å². The molecule has 0 radical (unpaired) electrons. The smallest absolute Gasteiger partial charge is 0.128 e. The molecule has 0 aliphatic carbocycles. The van der Waals surface area contributed by atoms with Crippen molar-refractivity contribution >= 4 is 32.3 Å². The fourth-order valence-corrected chi connectivity index (χ4v) is 6.40. The first-order valence-electron chi connectivity index (χ1n) is 11.7. The number of piperidine rings is 1. The molecule has 1 unspecified atom stereocenters. The molecule has 3 N–H and O–H groups in total. The van der Waals surface area contributed by atoms with Crippen LogP contribution in [0.25, 0.3) is 21.0 Å². The number of hydrogen-bond acceptors (Lipinski definition) is 5. The minimum absolute atomic E-state index is 0.0279. The Morgan fingerprint density at radius 3 is 2.79 bits per heavy atom. The molecule has 4 aromatic rings. The van der Waals surface area contributed by atoms with E-state index in [-0.39, 0.29) is 12.1 Å². The number of phenols is 1. The molecule has 5 rings (SSSR count). The van der Waals surface area contributed by atoms with Crippen LogP contribution in [-0.2, 0) is 0 Å². The van der Waals surface area contributed by atoms with E-state index in [0.717, 1.165) is 51.8 Å². The van der Waals surface area contributed by atoms with Crippen molar-refractivity contribution in [3.05, 3.63) is 59.1 Å². The fraction of sp³-hybridized carbons (Fsp3) is 0.407. The highest BCUT2D eigenvalue weighted by Crippen LogP contribution is 2.43. The Kier molecular flexibility index (Phi) is 5.85. The van der Waals surface area contributed by atoms with E-state index in [0.29, 0.717) is 18.2 Å². The van der Waals surface area contributed by atoms with E-state index >= 15 is 0 Å². The third-order valence-electron chi connectivity index (χ3n) is 6.93. The van der Waals surface area contributed by atoms with Gasteiger partial charge in [-0.05, 0) is 82.5 Å². The molecule has 0 bridgehead atoms. The number of aryl methyl sites for hydroxylation is 1. The number of rotatable bonds is 6. The van der Waals surface area contributed by atoms with Gasteiger partial charge < -0.3 is 19.9 Å². The lowest BCUT2D eigenvalue weighted by Crippen LogP contribution is -2.52. The normalized spacial score (nSPS) is 19.8. The average molecular weight is 465 g/mol. The Balaban J connectivity index is 1.22. The fourth-order valence-electron chi connectivity index (χ4n) is 5.18. The van der Waals surface area contributed by atoms with E-state index in [1.54, 1.807) is 17.4 Å². The summed E-state index contributed by atoms with van der Waals surface area (Å²) < 4.78 is 7.16. The van der Waals surface area contributed by atoms with Crippen molar-refractivity contribution in [3.63, 3.8) is 0 Å². The summed E-state index contributed by atoms with van der Waals surface area (Å²) >= 11 is 1.79. The van der Waals surface area contributed by atoms with E-state index in [1.807, 2.05) is 31.2 Å². The molecule has 174 valence electrons. The number of fused-ring (bicyclic) bond motifs is 2. The maximum absolute atomic E-state index is 10.8. The van der Waals surface area contributed by atoms with Gasteiger partial charge in [-0.25, -0.2) is 0 Å². The molecule has 2 aromatic heterocycles. The summed E-state index contributed by atoms with van der Waals surface area (Å²) in [6, 6.07) is 16.0. The molecule has 5 nitrogen and oxygen atoms in total. The molecule has 1 saturated heterocycles. The third-order valence-corrected chi connectivity index (χ3v) is 8.19. The van der Waals surface area contributed by atoms with Gasteiger partial charge in [0, 0.05) is 43.6 Å². The Hall–Kier alpha value is -2.54. The van der Waals surface area contributed by atoms with Crippen molar-refractivity contribution in [3.8, 4) is 11.5 Å². The number of aromatic nitrogens is 1. The Labute approximate surface area is 198 Å². The second-order valence-electron chi connectivity index (χ2n) is 9.92. The van der Waals surface area contributed by atoms with Gasteiger partial charge in [0.15, 0.2) is 0 Å². The van der Waals surface area contributed by atoms with Gasteiger partial charge in [-0.15, -0.1) is 11.3 Å². The first-order valence-corrected chi connectivity index (χ1v) is 12.5. The molecule has 0 amide bonds. The summed E-state index contributed by atoms with van der Waals surface area (Å²) in [6.45, 7) is 8.36. The second kappa shape index (κ2) is 8.67. The van der Waals surface area contributed by atoms with Crippen molar-refractivity contribution in [1.29, 1.82) is 0 Å². The number of phenolic OH excluding ortho intramolecular Hbond substituents is 1. The van der Waals surface area contributed by atoms with Crippen molar-refractivity contribution in [2.45, 2.75) is 51.2 Å². The number of aliphatic hydroxyl groups excluding tert-OH is 1. The first kappa shape index (κ1) is 22.3. The number of aromatic hydroxyl groups is 1. The van der Waals surface area contributed by atoms with E-state index in [2.05, 4.69) is 41.9 Å². The van der Waals surface area contributed by atoms with Crippen molar-refractivity contribution in [2.75, 3.05) is 19.7 Å². The Morgan fingerprint density at radius 2 is 2.00 bits per heavy atom. The van der Waals surface area contributed by atoms with Gasteiger partial charge in [-0.1, -0.05) is 12.1 Å². The zero-order valence-electron chi connectivity index (χ0n) is 19.5. The van der Waals surface area contributed by atoms with Crippen molar-refractivity contribution in [1.82, 2.24) is 9.88 Å². The number of aromatic amines is 1. The Morgan fingerprint density at radius 1 is 1.18 bits per heavy atom. The molecule has 6 heteroatoms. The Bertz CT molecular complexity index is 1280. The lowest BCUT2D eigenvalue weighted by Gasteiger charge is -2.46. The van der Waals surface area contributed by atoms with E-state index in [1.165, 1.54) is 4.88 Å². The van der Waals surface area contributed by atoms with Gasteiger partial charge in [0.05, 0.1) is 0 Å². The third kappa shape index (κ3) is 4.47. The van der Waals surface area contributed by atoms with Crippen LogP contribution in [0.2, 0.25) is 0 Å². The number of aliphatic hydroxyl groups is 1. The molecule has 1 aliphatic rings. The van der Waals surface area contributed by atoms with Crippen LogP contribution in [0.3, 0.4) is 0 Å². The molecule has 1 aliphatic heterocycles. The molecule has 33 heavy (non-hydrogen) atoms. The number of ether oxygens (including phenoxy) is 1. The van der Waals surface area contributed by atoms with Crippen molar-refractivity contribution in [2.24, 2.45) is 0 Å². The standard InChI is InChI=1S/C27H32N2O3S/c1-17-12-20-22(28-17)6-4-8-24(20)32-16-19(30)15-29-11-10-18(14-27(29,2)3)26-13-21-23(31)7-5-9-25(21)33-26/h4-9,12-13,18-19,28,30-31H,10-11,14-16H2,1-3H3/t18?,19-/m0/s1. The number of nitrogens with zero attached hydrogens (tertiary/aromatic N) is 1. The summed E-state index contributed by atoms with van der Waals surface area (Å²) in [5.74, 6) is 1.64. The first-order chi connectivity index (χ1) is 15.8. The van der Waals surface area contributed by atoms with E-state index < -0.39 is 6.10 Å². The highest BCUT2D eigenvalue weighted by atomic mass is 32.1. The molecular weight excluding hydrogens is 432 g/mol. The molecule has 0 spiro atoms. The molecule has 3 heterocycles. The summed E-state index contributed by atoms with van der Waals surface area (Å²) in [7, 11) is 0. The summed E-state index contributed by atoms with van der Waals surface area (Å²) in [5.41, 5.74) is 2.12. The van der Waals surface area contributed by atoms with Gasteiger partial charge in [-0.2, -0.15) is 0 Å². The lowest BCUT2D eigenvalue weighted by atomic mass is 9.81. The summed E-state index contributed by atoms with van der Waals surface area (Å²) in [5, 5.41) is 23.0. The highest BCUT2D eigenvalue weighted by molar-refractivity contribution is 7.19. The molecular formula is C27H32N2O3S. The van der Waals surface area contributed by atoms with Gasteiger partial charge >= 0.3 is 0 Å². The number of nitrogens with one attached hydrogen (secondary N) is 1. The predicted molar refractivity (Wildman–Crippen MR) is 136 cm³/mol. The number of H-pyrrole nitrogens is 1. The largest absolute Gasteiger partial charge is 0.507 e. The highest BCUT2D eigenvalue weighted by Gasteiger charge is 2.36. The lowest BCUT2D eigenvalue weighted by molar-refractivity contribution is 0.00396. The molecule has 2 atom stereocenters. The van der Waals surface area contributed by atoms with E-state index in [9.17, 15) is 10.2 Å². The van der Waals surface area contributed by atoms with Crippen LogP contribution in [0.5, 0.6) is 11.5 Å². The van der Waals surface area contributed by atoms with Crippen LogP contribution in [0.4, 0.5) is 0 Å². The SMILES string of the molecule is Cc1cc2c(OC[C@@H](O)CN3CCC(c4cc5c(O)cccc5s4)CC3(C)C)cccc2[nH]1. The molecule has 2 aromatic carbocycles. The number of thiophene rings is 1. The van der Waals surface area contributed by atoms with Crippen LogP contribution in [-0.4, -0.2) is 51.4 Å². The van der Waals surface area contributed by atoms with Crippen LogP contribution >= 0.6 is 11.3 Å². The average Bonchev–Trinajstić information content (AvgIpc) is 3.37. The topological polar surface area (TPSA) is 68.7 Å². The van der Waals surface area contributed by atoms with Gasteiger partial charge in [0.2, 0.25) is 0 Å². The maximum Gasteiger partial charge on any atom is 0.128 e. The zero-order chi connectivity index (χ0) is 23.2. The quantitative estimate of drug-likeness (QED) is 0.338. The van der Waals surface area contributed by atoms with Crippen LogP contribution in [0.15, 0.2) is 48.5 Å². The monoisotopic (exact) mass is 464 g/mol. The van der Waals surface area contributed by atoms with Crippen molar-refractivity contribution < 1.29 is 14.9 Å². The zero-order valence-corrected chi connectivity index (χ0v) is 20.3. The number of β-amino-alcohol motifs (C(OH)–C–C–N with tert-alkyl or cyclic N) is 1.